The van der Waals surface area contributed by atoms with E-state index in [0.717, 1.165) is 25.7 Å². The molecule has 2 N–H and O–H groups in total. The highest BCUT2D eigenvalue weighted by Gasteiger charge is 2.34. The van der Waals surface area contributed by atoms with Gasteiger partial charge in [0.15, 0.2) is 9.84 Å². The number of nitrogens with two attached hydrogens (primary N) is 1. The molecule has 0 aromatic rings. The fourth-order valence-electron chi connectivity index (χ4n) is 2.05. The second-order valence-corrected chi connectivity index (χ2v) is 6.34. The molecule has 0 heterocycles. The second-order valence-electron chi connectivity index (χ2n) is 3.70. The van der Waals surface area contributed by atoms with Gasteiger partial charge in [-0.25, -0.2) is 8.42 Å². The van der Waals surface area contributed by atoms with E-state index in [1.165, 1.54) is 6.26 Å². The van der Waals surface area contributed by atoms with Crippen LogP contribution in [0.4, 0.5) is 0 Å². The van der Waals surface area contributed by atoms with Gasteiger partial charge in [-0.3, -0.25) is 0 Å². The predicted molar refractivity (Wildman–Crippen MR) is 57.4 cm³/mol. The zero-order valence-electron chi connectivity index (χ0n) is 7.69. The van der Waals surface area contributed by atoms with E-state index in [9.17, 15) is 8.42 Å². The molecular formula is C8H15NO2S2. The van der Waals surface area contributed by atoms with Gasteiger partial charge in [-0.1, -0.05) is 25.1 Å². The highest BCUT2D eigenvalue weighted by atomic mass is 32.2. The lowest BCUT2D eigenvalue weighted by molar-refractivity contribution is 0.537. The van der Waals surface area contributed by atoms with Gasteiger partial charge in [-0.2, -0.15) is 0 Å². The van der Waals surface area contributed by atoms with Gasteiger partial charge in [0.25, 0.3) is 0 Å². The van der Waals surface area contributed by atoms with Crippen molar-refractivity contribution in [3.05, 3.63) is 0 Å². The Bertz CT molecular complexity index is 291. The van der Waals surface area contributed by atoms with Crippen molar-refractivity contribution in [2.24, 2.45) is 11.7 Å². The van der Waals surface area contributed by atoms with Crippen LogP contribution < -0.4 is 5.73 Å². The van der Waals surface area contributed by atoms with Crippen molar-refractivity contribution in [3.63, 3.8) is 0 Å². The van der Waals surface area contributed by atoms with Crippen LogP contribution in [0.1, 0.15) is 25.7 Å². The molecule has 0 amide bonds. The fourth-order valence-corrected chi connectivity index (χ4v) is 4.16. The summed E-state index contributed by atoms with van der Waals surface area (Å²) in [5, 5.41) is -0.593. The molecule has 0 spiro atoms. The molecule has 1 rings (SSSR count). The molecule has 0 radical (unpaired) electrons. The third kappa shape index (κ3) is 2.64. The molecule has 0 bridgehead atoms. The summed E-state index contributed by atoms with van der Waals surface area (Å²) in [4.78, 5) is 0.134. The van der Waals surface area contributed by atoms with Gasteiger partial charge in [0.05, 0.1) is 4.99 Å². The first kappa shape index (κ1) is 10.9. The molecule has 0 aromatic carbocycles. The van der Waals surface area contributed by atoms with Gasteiger partial charge in [-0.15, -0.1) is 0 Å². The molecule has 0 saturated heterocycles. The van der Waals surface area contributed by atoms with Crippen molar-refractivity contribution in [3.8, 4) is 0 Å². The summed E-state index contributed by atoms with van der Waals surface area (Å²) in [7, 11) is -3.11. The van der Waals surface area contributed by atoms with Crippen LogP contribution in [0.2, 0.25) is 0 Å². The first-order valence-corrected chi connectivity index (χ1v) is 6.77. The molecule has 1 saturated carbocycles. The van der Waals surface area contributed by atoms with Crippen LogP contribution in [0.15, 0.2) is 0 Å². The van der Waals surface area contributed by atoms with Gasteiger partial charge in [-0.05, 0) is 18.8 Å². The summed E-state index contributed by atoms with van der Waals surface area (Å²) < 4.78 is 22.8. The van der Waals surface area contributed by atoms with Gasteiger partial charge in [0, 0.05) is 6.26 Å². The van der Waals surface area contributed by atoms with Gasteiger partial charge in [0.1, 0.15) is 5.25 Å². The van der Waals surface area contributed by atoms with E-state index in [-0.39, 0.29) is 10.9 Å². The summed E-state index contributed by atoms with van der Waals surface area (Å²) in [6.45, 7) is 0. The maximum atomic E-state index is 11.4. The molecule has 13 heavy (non-hydrogen) atoms. The average molecular weight is 221 g/mol. The van der Waals surface area contributed by atoms with Crippen molar-refractivity contribution in [1.82, 2.24) is 0 Å². The van der Waals surface area contributed by atoms with Crippen LogP contribution in [0.25, 0.3) is 0 Å². The van der Waals surface area contributed by atoms with Gasteiger partial charge >= 0.3 is 0 Å². The van der Waals surface area contributed by atoms with E-state index in [1.54, 1.807) is 0 Å². The maximum Gasteiger partial charge on any atom is 0.157 e. The zero-order chi connectivity index (χ0) is 10.1. The Hall–Kier alpha value is -0.160. The maximum absolute atomic E-state index is 11.4. The minimum Gasteiger partial charge on any atom is -0.392 e. The Labute approximate surface area is 84.6 Å². The Morgan fingerprint density at radius 2 is 1.92 bits per heavy atom. The molecule has 5 heteroatoms. The Balaban J connectivity index is 2.85. The molecule has 1 fully saturated rings. The standard InChI is InChI=1S/C8H15NO2S2/c1-13(10,11)7(8(9)12)6-4-2-3-5-6/h6-7H,2-5H2,1H3,(H2,9,12). The third-order valence-corrected chi connectivity index (χ3v) is 4.53. The van der Waals surface area contributed by atoms with E-state index < -0.39 is 15.1 Å². The van der Waals surface area contributed by atoms with Crippen LogP contribution in [-0.4, -0.2) is 24.9 Å². The molecule has 1 aliphatic rings. The van der Waals surface area contributed by atoms with Crippen molar-refractivity contribution >= 4 is 27.0 Å². The zero-order valence-corrected chi connectivity index (χ0v) is 9.33. The summed E-state index contributed by atoms with van der Waals surface area (Å²) in [6, 6.07) is 0. The van der Waals surface area contributed by atoms with Crippen LogP contribution in [0, 0.1) is 5.92 Å². The monoisotopic (exact) mass is 221 g/mol. The normalized spacial score (nSPS) is 21.6. The van der Waals surface area contributed by atoms with Gasteiger partial charge < -0.3 is 5.73 Å². The number of sulfone groups is 1. The van der Waals surface area contributed by atoms with Crippen molar-refractivity contribution in [2.75, 3.05) is 6.26 Å². The van der Waals surface area contributed by atoms with E-state index in [2.05, 4.69) is 0 Å². The average Bonchev–Trinajstić information content (AvgIpc) is 2.34. The lowest BCUT2D eigenvalue weighted by atomic mass is 10.0. The minimum absolute atomic E-state index is 0.134. The molecule has 1 atom stereocenters. The van der Waals surface area contributed by atoms with E-state index in [4.69, 9.17) is 18.0 Å². The molecule has 0 aliphatic heterocycles. The summed E-state index contributed by atoms with van der Waals surface area (Å²) in [5.41, 5.74) is 5.45. The predicted octanol–water partition coefficient (Wildman–Crippen LogP) is 0.876. The van der Waals surface area contributed by atoms with E-state index >= 15 is 0 Å². The second kappa shape index (κ2) is 3.92. The summed E-state index contributed by atoms with van der Waals surface area (Å²) in [6.07, 6.45) is 5.29. The summed E-state index contributed by atoms with van der Waals surface area (Å²) in [5.74, 6) is 0.160. The molecule has 3 nitrogen and oxygen atoms in total. The van der Waals surface area contributed by atoms with Gasteiger partial charge in [0.2, 0.25) is 0 Å². The number of rotatable bonds is 3. The largest absolute Gasteiger partial charge is 0.392 e. The highest BCUT2D eigenvalue weighted by Crippen LogP contribution is 2.30. The smallest absolute Gasteiger partial charge is 0.157 e. The number of hydrogen-bond acceptors (Lipinski definition) is 3. The first-order valence-electron chi connectivity index (χ1n) is 4.41. The fraction of sp³-hybridized carbons (Fsp3) is 0.875. The van der Waals surface area contributed by atoms with Crippen LogP contribution >= 0.6 is 12.2 Å². The number of hydrogen-bond donors (Lipinski definition) is 1. The number of thiocarbonyl (C=S) groups is 1. The van der Waals surface area contributed by atoms with Crippen LogP contribution in [-0.2, 0) is 9.84 Å². The Kier molecular flexibility index (Phi) is 3.29. The van der Waals surface area contributed by atoms with Crippen molar-refractivity contribution < 1.29 is 8.42 Å². The Morgan fingerprint density at radius 1 is 1.46 bits per heavy atom. The molecule has 0 aromatic heterocycles. The Morgan fingerprint density at radius 3 is 2.23 bits per heavy atom. The van der Waals surface area contributed by atoms with Crippen molar-refractivity contribution in [2.45, 2.75) is 30.9 Å². The molecule has 76 valence electrons. The van der Waals surface area contributed by atoms with E-state index in [0.29, 0.717) is 0 Å². The minimum atomic E-state index is -3.11. The van der Waals surface area contributed by atoms with Crippen LogP contribution in [0.3, 0.4) is 0 Å². The molecule has 1 unspecified atom stereocenters. The lowest BCUT2D eigenvalue weighted by Crippen LogP contribution is -2.39. The highest BCUT2D eigenvalue weighted by molar-refractivity contribution is 7.94. The van der Waals surface area contributed by atoms with Crippen LogP contribution in [0.5, 0.6) is 0 Å². The SMILES string of the molecule is CS(=O)(=O)C(C(N)=S)C1CCCC1. The molecular weight excluding hydrogens is 206 g/mol. The quantitative estimate of drug-likeness (QED) is 0.719. The topological polar surface area (TPSA) is 60.2 Å². The van der Waals surface area contributed by atoms with Crippen molar-refractivity contribution in [1.29, 1.82) is 0 Å². The lowest BCUT2D eigenvalue weighted by Gasteiger charge is -2.19. The summed E-state index contributed by atoms with van der Waals surface area (Å²) >= 11 is 4.80. The molecule has 1 aliphatic carbocycles. The first-order chi connectivity index (χ1) is 5.93. The van der Waals surface area contributed by atoms with E-state index in [1.807, 2.05) is 0 Å². The third-order valence-electron chi connectivity index (χ3n) is 2.57.